The third-order valence-electron chi connectivity index (χ3n) is 3.57. The Morgan fingerprint density at radius 1 is 1.58 bits per heavy atom. The molecule has 1 aromatic rings. The molecule has 1 N–H and O–H groups in total. The lowest BCUT2D eigenvalue weighted by Gasteiger charge is -2.17. The number of rotatable bonds is 3. The molecule has 1 aliphatic heterocycles. The maximum Gasteiger partial charge on any atom is 0.223 e. The molecule has 3 nitrogen and oxygen atoms in total. The zero-order chi connectivity index (χ0) is 13.8. The molecule has 19 heavy (non-hydrogen) atoms. The van der Waals surface area contributed by atoms with E-state index in [1.165, 1.54) is 0 Å². The molecule has 0 bridgehead atoms. The summed E-state index contributed by atoms with van der Waals surface area (Å²) in [7, 11) is 0. The topological polar surface area (TPSA) is 40.5 Å². The SMILES string of the molecule is CC(C)C1CC(=O)N(Cc2sccc2C#CCO)C1. The molecule has 1 aromatic heterocycles. The van der Waals surface area contributed by atoms with Crippen LogP contribution in [0.15, 0.2) is 11.4 Å². The van der Waals surface area contributed by atoms with E-state index < -0.39 is 0 Å². The highest BCUT2D eigenvalue weighted by molar-refractivity contribution is 7.10. The maximum atomic E-state index is 12.0. The van der Waals surface area contributed by atoms with E-state index in [0.29, 0.717) is 24.8 Å². The molecule has 2 heterocycles. The molecular formula is C15H19NO2S. The second-order valence-electron chi connectivity index (χ2n) is 5.20. The van der Waals surface area contributed by atoms with Crippen molar-refractivity contribution in [3.05, 3.63) is 21.9 Å². The van der Waals surface area contributed by atoms with Gasteiger partial charge in [0.25, 0.3) is 0 Å². The van der Waals surface area contributed by atoms with Crippen molar-refractivity contribution in [3.63, 3.8) is 0 Å². The normalized spacial score (nSPS) is 18.8. The quantitative estimate of drug-likeness (QED) is 0.860. The van der Waals surface area contributed by atoms with E-state index in [2.05, 4.69) is 25.7 Å². The zero-order valence-corrected chi connectivity index (χ0v) is 12.2. The summed E-state index contributed by atoms with van der Waals surface area (Å²) < 4.78 is 0. The second kappa shape index (κ2) is 6.23. The molecule has 1 amide bonds. The van der Waals surface area contributed by atoms with Gasteiger partial charge in [-0.15, -0.1) is 11.3 Å². The zero-order valence-electron chi connectivity index (χ0n) is 11.3. The summed E-state index contributed by atoms with van der Waals surface area (Å²) in [6.07, 6.45) is 0.667. The Labute approximate surface area is 118 Å². The number of carbonyl (C=O) groups is 1. The van der Waals surface area contributed by atoms with Gasteiger partial charge in [0.05, 0.1) is 6.54 Å². The minimum absolute atomic E-state index is 0.132. The van der Waals surface area contributed by atoms with Gasteiger partial charge in [0.1, 0.15) is 6.61 Å². The van der Waals surface area contributed by atoms with E-state index in [-0.39, 0.29) is 12.5 Å². The summed E-state index contributed by atoms with van der Waals surface area (Å²) in [4.78, 5) is 15.0. The van der Waals surface area contributed by atoms with Crippen LogP contribution in [0.2, 0.25) is 0 Å². The Balaban J connectivity index is 2.06. The Morgan fingerprint density at radius 3 is 3.00 bits per heavy atom. The van der Waals surface area contributed by atoms with E-state index in [4.69, 9.17) is 5.11 Å². The molecule has 0 spiro atoms. The summed E-state index contributed by atoms with van der Waals surface area (Å²) in [6, 6.07) is 1.95. The highest BCUT2D eigenvalue weighted by atomic mass is 32.1. The molecule has 0 saturated carbocycles. The minimum Gasteiger partial charge on any atom is -0.384 e. The molecule has 1 atom stereocenters. The first-order valence-electron chi connectivity index (χ1n) is 6.55. The number of amides is 1. The number of aliphatic hydroxyl groups is 1. The van der Waals surface area contributed by atoms with Gasteiger partial charge in [-0.3, -0.25) is 4.79 Å². The van der Waals surface area contributed by atoms with E-state index in [0.717, 1.165) is 17.0 Å². The minimum atomic E-state index is -0.132. The lowest BCUT2D eigenvalue weighted by Crippen LogP contribution is -2.25. The van der Waals surface area contributed by atoms with Crippen molar-refractivity contribution < 1.29 is 9.90 Å². The first kappa shape index (κ1) is 14.1. The van der Waals surface area contributed by atoms with Crippen LogP contribution >= 0.6 is 11.3 Å². The molecule has 2 rings (SSSR count). The first-order valence-corrected chi connectivity index (χ1v) is 7.43. The van der Waals surface area contributed by atoms with Gasteiger partial charge in [-0.25, -0.2) is 0 Å². The predicted molar refractivity (Wildman–Crippen MR) is 76.6 cm³/mol. The Bertz CT molecular complexity index is 510. The third-order valence-corrected chi connectivity index (χ3v) is 4.47. The highest BCUT2D eigenvalue weighted by Crippen LogP contribution is 2.28. The molecule has 1 aliphatic rings. The fraction of sp³-hybridized carbons (Fsp3) is 0.533. The van der Waals surface area contributed by atoms with Crippen LogP contribution in [-0.4, -0.2) is 29.1 Å². The van der Waals surface area contributed by atoms with Crippen molar-refractivity contribution >= 4 is 17.2 Å². The van der Waals surface area contributed by atoms with E-state index >= 15 is 0 Å². The lowest BCUT2D eigenvalue weighted by atomic mass is 9.95. The number of hydrogen-bond donors (Lipinski definition) is 1. The van der Waals surface area contributed by atoms with Crippen LogP contribution in [0.4, 0.5) is 0 Å². The summed E-state index contributed by atoms with van der Waals surface area (Å²) in [6.45, 7) is 5.71. The van der Waals surface area contributed by atoms with Gasteiger partial charge in [-0.1, -0.05) is 25.7 Å². The maximum absolute atomic E-state index is 12.0. The summed E-state index contributed by atoms with van der Waals surface area (Å²) >= 11 is 1.62. The number of hydrogen-bond acceptors (Lipinski definition) is 3. The summed E-state index contributed by atoms with van der Waals surface area (Å²) in [5.74, 6) is 6.86. The van der Waals surface area contributed by atoms with Crippen LogP contribution in [0.25, 0.3) is 0 Å². The predicted octanol–water partition coefficient (Wildman–Crippen LogP) is 2.10. The van der Waals surface area contributed by atoms with Gasteiger partial charge in [-0.05, 0) is 23.3 Å². The smallest absolute Gasteiger partial charge is 0.223 e. The fourth-order valence-electron chi connectivity index (χ4n) is 2.28. The van der Waals surface area contributed by atoms with E-state index in [1.807, 2.05) is 16.3 Å². The van der Waals surface area contributed by atoms with Gasteiger partial charge in [0.15, 0.2) is 0 Å². The summed E-state index contributed by atoms with van der Waals surface area (Å²) in [5.41, 5.74) is 0.930. The largest absolute Gasteiger partial charge is 0.384 e. The van der Waals surface area contributed by atoms with Crippen LogP contribution in [0.5, 0.6) is 0 Å². The van der Waals surface area contributed by atoms with Gasteiger partial charge < -0.3 is 10.0 Å². The van der Waals surface area contributed by atoms with Gasteiger partial charge in [0.2, 0.25) is 5.91 Å². The molecule has 0 aromatic carbocycles. The molecule has 0 aliphatic carbocycles. The Morgan fingerprint density at radius 2 is 2.37 bits per heavy atom. The fourth-order valence-corrected chi connectivity index (χ4v) is 3.13. The first-order chi connectivity index (χ1) is 9.11. The number of likely N-dealkylation sites (tertiary alicyclic amines) is 1. The van der Waals surface area contributed by atoms with Crippen molar-refractivity contribution in [3.8, 4) is 11.8 Å². The molecular weight excluding hydrogens is 258 g/mol. The molecule has 1 saturated heterocycles. The standard InChI is InChI=1S/C15H19NO2S/c1-11(2)13-8-15(18)16(9-13)10-14-12(4-3-6-17)5-7-19-14/h5,7,11,13,17H,6,8-10H2,1-2H3. The van der Waals surface area contributed by atoms with Crippen LogP contribution in [0.3, 0.4) is 0 Å². The molecule has 1 unspecified atom stereocenters. The lowest BCUT2D eigenvalue weighted by molar-refractivity contribution is -0.128. The summed E-state index contributed by atoms with van der Waals surface area (Å²) in [5, 5.41) is 10.7. The third kappa shape index (κ3) is 3.37. The molecule has 1 fully saturated rings. The van der Waals surface area contributed by atoms with Crippen LogP contribution in [0, 0.1) is 23.7 Å². The monoisotopic (exact) mass is 277 g/mol. The van der Waals surface area contributed by atoms with Gasteiger partial charge in [-0.2, -0.15) is 0 Å². The Hall–Kier alpha value is -1.31. The molecule has 102 valence electrons. The van der Waals surface area contributed by atoms with Crippen molar-refractivity contribution in [2.24, 2.45) is 11.8 Å². The van der Waals surface area contributed by atoms with Crippen LogP contribution in [0.1, 0.15) is 30.7 Å². The second-order valence-corrected chi connectivity index (χ2v) is 6.20. The Kier molecular flexibility index (Phi) is 4.62. The number of aliphatic hydroxyl groups excluding tert-OH is 1. The molecule has 4 heteroatoms. The average molecular weight is 277 g/mol. The number of carbonyl (C=O) groups excluding carboxylic acids is 1. The number of nitrogens with zero attached hydrogens (tertiary/aromatic N) is 1. The van der Waals surface area contributed by atoms with Crippen LogP contribution in [-0.2, 0) is 11.3 Å². The molecule has 0 radical (unpaired) electrons. The van der Waals surface area contributed by atoms with Crippen molar-refractivity contribution in [1.82, 2.24) is 4.90 Å². The van der Waals surface area contributed by atoms with Gasteiger partial charge in [0, 0.05) is 23.4 Å². The average Bonchev–Trinajstić information content (AvgIpc) is 2.95. The van der Waals surface area contributed by atoms with Crippen molar-refractivity contribution in [2.75, 3.05) is 13.2 Å². The van der Waals surface area contributed by atoms with Gasteiger partial charge >= 0.3 is 0 Å². The van der Waals surface area contributed by atoms with E-state index in [9.17, 15) is 4.79 Å². The van der Waals surface area contributed by atoms with E-state index in [1.54, 1.807) is 11.3 Å². The highest BCUT2D eigenvalue weighted by Gasteiger charge is 2.31. The number of thiophene rings is 1. The van der Waals surface area contributed by atoms with Crippen molar-refractivity contribution in [2.45, 2.75) is 26.8 Å². The van der Waals surface area contributed by atoms with Crippen molar-refractivity contribution in [1.29, 1.82) is 0 Å². The van der Waals surface area contributed by atoms with Crippen LogP contribution < -0.4 is 0 Å².